The summed E-state index contributed by atoms with van der Waals surface area (Å²) in [5.41, 5.74) is 1.10. The minimum atomic E-state index is -0.176. The topological polar surface area (TPSA) is 39.2 Å². The van der Waals surface area contributed by atoms with Gasteiger partial charge in [0, 0.05) is 12.1 Å². The van der Waals surface area contributed by atoms with Crippen LogP contribution >= 0.6 is 0 Å². The molecule has 1 fully saturated rings. The molecule has 3 heteroatoms. The van der Waals surface area contributed by atoms with Gasteiger partial charge in [-0.2, -0.15) is 0 Å². The number of hydrogen-bond donors (Lipinski definition) is 0. The molecule has 0 saturated heterocycles. The molecule has 0 amide bonds. The predicted molar refractivity (Wildman–Crippen MR) is 88.8 cm³/mol. The standard InChI is InChI=1S/C19H29NO2/c1-3-5-19(21)22-18-13-12-17(20-14-18)11-10-16-8-6-15(4-2)7-9-16/h12-16H,3-11H2,1-2H3. The number of carbonyl (C=O) groups excluding carboxylic acids is 1. The third-order valence-electron chi connectivity index (χ3n) is 4.84. The number of aryl methyl sites for hydroxylation is 1. The van der Waals surface area contributed by atoms with Crippen LogP contribution in [0.5, 0.6) is 5.75 Å². The fraction of sp³-hybridized carbons (Fsp3) is 0.684. The first kappa shape index (κ1) is 17.0. The lowest BCUT2D eigenvalue weighted by molar-refractivity contribution is -0.134. The summed E-state index contributed by atoms with van der Waals surface area (Å²) >= 11 is 0. The molecular weight excluding hydrogens is 274 g/mol. The normalized spacial score (nSPS) is 21.5. The number of esters is 1. The van der Waals surface area contributed by atoms with E-state index in [-0.39, 0.29) is 5.97 Å². The van der Waals surface area contributed by atoms with Crippen LogP contribution in [0.1, 0.15) is 70.9 Å². The molecule has 0 atom stereocenters. The maximum absolute atomic E-state index is 11.4. The summed E-state index contributed by atoms with van der Waals surface area (Å²) in [6.45, 7) is 4.28. The number of nitrogens with zero attached hydrogens (tertiary/aromatic N) is 1. The van der Waals surface area contributed by atoms with Crippen molar-refractivity contribution in [1.82, 2.24) is 4.98 Å². The Morgan fingerprint density at radius 1 is 1.18 bits per heavy atom. The SMILES string of the molecule is CCCC(=O)Oc1ccc(CCC2CCC(CC)CC2)nc1. The monoisotopic (exact) mass is 303 g/mol. The van der Waals surface area contributed by atoms with E-state index >= 15 is 0 Å². The average molecular weight is 303 g/mol. The van der Waals surface area contributed by atoms with Crippen molar-refractivity contribution in [3.05, 3.63) is 24.0 Å². The van der Waals surface area contributed by atoms with Crippen molar-refractivity contribution in [1.29, 1.82) is 0 Å². The number of carbonyl (C=O) groups is 1. The summed E-state index contributed by atoms with van der Waals surface area (Å²) in [6.07, 6.45) is 12.1. The third kappa shape index (κ3) is 5.43. The summed E-state index contributed by atoms with van der Waals surface area (Å²) in [5.74, 6) is 2.22. The number of aromatic nitrogens is 1. The third-order valence-corrected chi connectivity index (χ3v) is 4.84. The second kappa shape index (κ2) is 8.92. The van der Waals surface area contributed by atoms with Crippen molar-refractivity contribution in [2.45, 2.75) is 71.6 Å². The quantitative estimate of drug-likeness (QED) is 0.670. The molecule has 0 radical (unpaired) electrons. The van der Waals surface area contributed by atoms with E-state index < -0.39 is 0 Å². The average Bonchev–Trinajstić information content (AvgIpc) is 2.55. The molecule has 1 aromatic rings. The van der Waals surface area contributed by atoms with E-state index in [2.05, 4.69) is 11.9 Å². The minimum absolute atomic E-state index is 0.176. The second-order valence-electron chi connectivity index (χ2n) is 6.54. The van der Waals surface area contributed by atoms with Crippen LogP contribution in [-0.2, 0) is 11.2 Å². The highest BCUT2D eigenvalue weighted by Gasteiger charge is 2.19. The zero-order valence-electron chi connectivity index (χ0n) is 14.0. The molecule has 122 valence electrons. The van der Waals surface area contributed by atoms with E-state index in [1.165, 1.54) is 38.5 Å². The lowest BCUT2D eigenvalue weighted by Gasteiger charge is -2.27. The first-order chi connectivity index (χ1) is 10.7. The number of hydrogen-bond acceptors (Lipinski definition) is 3. The largest absolute Gasteiger partial charge is 0.425 e. The fourth-order valence-corrected chi connectivity index (χ4v) is 3.29. The molecule has 1 saturated carbocycles. The molecule has 1 aliphatic carbocycles. The molecular formula is C19H29NO2. The molecule has 22 heavy (non-hydrogen) atoms. The maximum atomic E-state index is 11.4. The van der Waals surface area contributed by atoms with Gasteiger partial charge in [0.05, 0.1) is 6.20 Å². The zero-order chi connectivity index (χ0) is 15.8. The molecule has 0 aliphatic heterocycles. The Kier molecular flexibility index (Phi) is 6.88. The number of ether oxygens (including phenoxy) is 1. The fourth-order valence-electron chi connectivity index (χ4n) is 3.29. The van der Waals surface area contributed by atoms with Gasteiger partial charge in [-0.3, -0.25) is 9.78 Å². The van der Waals surface area contributed by atoms with Crippen LogP contribution in [0.3, 0.4) is 0 Å². The number of rotatable bonds is 7. The van der Waals surface area contributed by atoms with Gasteiger partial charge in [-0.05, 0) is 43.2 Å². The molecule has 2 rings (SSSR count). The van der Waals surface area contributed by atoms with E-state index in [4.69, 9.17) is 4.74 Å². The lowest BCUT2D eigenvalue weighted by Crippen LogP contribution is -2.14. The van der Waals surface area contributed by atoms with Crippen LogP contribution in [0.15, 0.2) is 18.3 Å². The van der Waals surface area contributed by atoms with Crippen molar-refractivity contribution in [2.75, 3.05) is 0 Å². The summed E-state index contributed by atoms with van der Waals surface area (Å²) in [5, 5.41) is 0. The lowest BCUT2D eigenvalue weighted by atomic mass is 9.79. The predicted octanol–water partition coefficient (Wildman–Crippen LogP) is 4.94. The van der Waals surface area contributed by atoms with Gasteiger partial charge in [0.25, 0.3) is 0 Å². The molecule has 3 nitrogen and oxygen atoms in total. The Bertz CT molecular complexity index is 447. The van der Waals surface area contributed by atoms with Gasteiger partial charge >= 0.3 is 5.97 Å². The maximum Gasteiger partial charge on any atom is 0.311 e. The van der Waals surface area contributed by atoms with E-state index in [0.717, 1.165) is 30.4 Å². The Balaban J connectivity index is 1.73. The van der Waals surface area contributed by atoms with Gasteiger partial charge < -0.3 is 4.74 Å². The van der Waals surface area contributed by atoms with Crippen molar-refractivity contribution < 1.29 is 9.53 Å². The molecule has 0 N–H and O–H groups in total. The van der Waals surface area contributed by atoms with Gasteiger partial charge in [0.15, 0.2) is 0 Å². The van der Waals surface area contributed by atoms with Crippen molar-refractivity contribution in [3.8, 4) is 5.75 Å². The first-order valence-corrected chi connectivity index (χ1v) is 8.86. The van der Waals surface area contributed by atoms with Crippen molar-refractivity contribution in [3.63, 3.8) is 0 Å². The first-order valence-electron chi connectivity index (χ1n) is 8.86. The highest BCUT2D eigenvalue weighted by Crippen LogP contribution is 2.32. The van der Waals surface area contributed by atoms with Crippen LogP contribution in [-0.4, -0.2) is 11.0 Å². The highest BCUT2D eigenvalue weighted by atomic mass is 16.5. The van der Waals surface area contributed by atoms with Crippen LogP contribution in [0.2, 0.25) is 0 Å². The summed E-state index contributed by atoms with van der Waals surface area (Å²) < 4.78 is 5.23. The minimum Gasteiger partial charge on any atom is -0.425 e. The molecule has 1 aromatic heterocycles. The summed E-state index contributed by atoms with van der Waals surface area (Å²) in [6, 6.07) is 3.86. The molecule has 0 spiro atoms. The van der Waals surface area contributed by atoms with E-state index in [0.29, 0.717) is 12.2 Å². The van der Waals surface area contributed by atoms with Gasteiger partial charge in [-0.1, -0.05) is 46.0 Å². The Morgan fingerprint density at radius 3 is 2.50 bits per heavy atom. The van der Waals surface area contributed by atoms with Crippen LogP contribution in [0.25, 0.3) is 0 Å². The van der Waals surface area contributed by atoms with E-state index in [9.17, 15) is 4.79 Å². The van der Waals surface area contributed by atoms with E-state index in [1.54, 1.807) is 6.20 Å². The smallest absolute Gasteiger partial charge is 0.311 e. The van der Waals surface area contributed by atoms with Crippen LogP contribution in [0, 0.1) is 11.8 Å². The van der Waals surface area contributed by atoms with E-state index in [1.807, 2.05) is 19.1 Å². The van der Waals surface area contributed by atoms with Gasteiger partial charge in [-0.25, -0.2) is 0 Å². The molecule has 1 aliphatic rings. The van der Waals surface area contributed by atoms with Crippen LogP contribution < -0.4 is 4.74 Å². The molecule has 0 bridgehead atoms. The Hall–Kier alpha value is -1.38. The highest BCUT2D eigenvalue weighted by molar-refractivity contribution is 5.72. The Morgan fingerprint density at radius 2 is 1.91 bits per heavy atom. The molecule has 0 unspecified atom stereocenters. The van der Waals surface area contributed by atoms with Crippen LogP contribution in [0.4, 0.5) is 0 Å². The van der Waals surface area contributed by atoms with Crippen molar-refractivity contribution in [2.24, 2.45) is 11.8 Å². The van der Waals surface area contributed by atoms with Gasteiger partial charge in [-0.15, -0.1) is 0 Å². The van der Waals surface area contributed by atoms with Crippen molar-refractivity contribution >= 4 is 5.97 Å². The molecule has 0 aromatic carbocycles. The zero-order valence-corrected chi connectivity index (χ0v) is 14.0. The van der Waals surface area contributed by atoms with Gasteiger partial charge in [0.2, 0.25) is 0 Å². The summed E-state index contributed by atoms with van der Waals surface area (Å²) in [7, 11) is 0. The summed E-state index contributed by atoms with van der Waals surface area (Å²) in [4.78, 5) is 15.9. The Labute approximate surface area is 134 Å². The number of pyridine rings is 1. The van der Waals surface area contributed by atoms with Gasteiger partial charge in [0.1, 0.15) is 5.75 Å². The second-order valence-corrected chi connectivity index (χ2v) is 6.54. The molecule has 1 heterocycles.